The molecule has 126 valence electrons. The lowest BCUT2D eigenvalue weighted by atomic mass is 10.1. The monoisotopic (exact) mass is 372 g/mol. The van der Waals surface area contributed by atoms with Gasteiger partial charge in [0.2, 0.25) is 5.95 Å². The maximum Gasteiger partial charge on any atom is 0.229 e. The van der Waals surface area contributed by atoms with E-state index in [1.54, 1.807) is 54.7 Å². The van der Waals surface area contributed by atoms with Crippen molar-refractivity contribution in [2.75, 3.05) is 10.6 Å². The Labute approximate surface area is 155 Å². The number of hydrogen-bond donors (Lipinski definition) is 2. The van der Waals surface area contributed by atoms with Gasteiger partial charge in [-0.3, -0.25) is 4.79 Å². The van der Waals surface area contributed by atoms with Gasteiger partial charge in [-0.1, -0.05) is 29.3 Å². The molecule has 0 atom stereocenters. The molecule has 1 heterocycles. The predicted molar refractivity (Wildman–Crippen MR) is 102 cm³/mol. The topological polar surface area (TPSA) is 66.9 Å². The number of halogens is 2. The van der Waals surface area contributed by atoms with Crippen LogP contribution in [-0.2, 0) is 0 Å². The summed E-state index contributed by atoms with van der Waals surface area (Å²) in [7, 11) is 0. The number of ketones is 1. The average Bonchev–Trinajstić information content (AvgIpc) is 2.59. The number of hydrogen-bond acceptors (Lipinski definition) is 5. The van der Waals surface area contributed by atoms with Gasteiger partial charge in [0.1, 0.15) is 5.82 Å². The van der Waals surface area contributed by atoms with Gasteiger partial charge in [-0.2, -0.15) is 4.98 Å². The Bertz CT molecular complexity index is 893. The molecule has 0 unspecified atom stereocenters. The van der Waals surface area contributed by atoms with E-state index in [1.165, 1.54) is 6.92 Å². The molecule has 0 radical (unpaired) electrons. The van der Waals surface area contributed by atoms with Gasteiger partial charge in [-0.15, -0.1) is 0 Å². The standard InChI is InChI=1S/C18H14Cl2N4O/c1-11(25)12-5-7-13(8-6-12)22-18-21-10-9-16(24-18)23-17-14(19)3-2-4-15(17)20/h2-10H,1H3,(H2,21,22,23,24). The molecular weight excluding hydrogens is 359 g/mol. The van der Waals surface area contributed by atoms with Gasteiger partial charge in [0.05, 0.1) is 15.7 Å². The maximum atomic E-state index is 11.3. The molecule has 0 amide bonds. The molecule has 0 aliphatic rings. The van der Waals surface area contributed by atoms with Crippen LogP contribution in [0, 0.1) is 0 Å². The number of para-hydroxylation sites is 1. The molecule has 3 rings (SSSR count). The highest BCUT2D eigenvalue weighted by Gasteiger charge is 2.07. The van der Waals surface area contributed by atoms with Crippen molar-refractivity contribution in [1.29, 1.82) is 0 Å². The Morgan fingerprint density at radius 3 is 2.28 bits per heavy atom. The van der Waals surface area contributed by atoms with Crippen LogP contribution in [0.2, 0.25) is 10.0 Å². The number of aromatic nitrogens is 2. The molecular formula is C18H14Cl2N4O. The molecule has 0 fully saturated rings. The summed E-state index contributed by atoms with van der Waals surface area (Å²) in [5.41, 5.74) is 2.01. The van der Waals surface area contributed by atoms with Gasteiger partial charge in [0.25, 0.3) is 0 Å². The fourth-order valence-corrected chi connectivity index (χ4v) is 2.64. The summed E-state index contributed by atoms with van der Waals surface area (Å²) < 4.78 is 0. The quantitative estimate of drug-likeness (QED) is 0.580. The van der Waals surface area contributed by atoms with Crippen LogP contribution >= 0.6 is 23.2 Å². The van der Waals surface area contributed by atoms with Crippen LogP contribution in [0.15, 0.2) is 54.7 Å². The Balaban J connectivity index is 1.78. The minimum absolute atomic E-state index is 0.0191. The van der Waals surface area contributed by atoms with Crippen LogP contribution in [0.5, 0.6) is 0 Å². The summed E-state index contributed by atoms with van der Waals surface area (Å²) in [6.45, 7) is 1.53. The van der Waals surface area contributed by atoms with Crippen molar-refractivity contribution in [3.63, 3.8) is 0 Å². The van der Waals surface area contributed by atoms with E-state index in [4.69, 9.17) is 23.2 Å². The molecule has 0 aliphatic heterocycles. The number of benzene rings is 2. The van der Waals surface area contributed by atoms with E-state index < -0.39 is 0 Å². The first-order chi connectivity index (χ1) is 12.0. The van der Waals surface area contributed by atoms with Crippen LogP contribution in [-0.4, -0.2) is 15.8 Å². The highest BCUT2D eigenvalue weighted by atomic mass is 35.5. The van der Waals surface area contributed by atoms with Crippen molar-refractivity contribution < 1.29 is 4.79 Å². The lowest BCUT2D eigenvalue weighted by Gasteiger charge is -2.11. The molecule has 3 aromatic rings. The SMILES string of the molecule is CC(=O)c1ccc(Nc2nccc(Nc3c(Cl)cccc3Cl)n2)cc1. The van der Waals surface area contributed by atoms with Crippen LogP contribution < -0.4 is 10.6 Å². The molecule has 2 N–H and O–H groups in total. The second kappa shape index (κ2) is 7.51. The third-order valence-corrected chi connectivity index (χ3v) is 4.05. The zero-order valence-corrected chi connectivity index (χ0v) is 14.8. The molecule has 0 saturated heterocycles. The van der Waals surface area contributed by atoms with Crippen LogP contribution in [0.1, 0.15) is 17.3 Å². The molecule has 2 aromatic carbocycles. The average molecular weight is 373 g/mol. The van der Waals surface area contributed by atoms with E-state index in [-0.39, 0.29) is 5.78 Å². The molecule has 1 aromatic heterocycles. The molecule has 0 saturated carbocycles. The van der Waals surface area contributed by atoms with Gasteiger partial charge in [-0.05, 0) is 49.4 Å². The minimum atomic E-state index is 0.0191. The van der Waals surface area contributed by atoms with Crippen LogP contribution in [0.4, 0.5) is 23.1 Å². The Hall–Kier alpha value is -2.63. The zero-order chi connectivity index (χ0) is 17.8. The van der Waals surface area contributed by atoms with Gasteiger partial charge in [0.15, 0.2) is 5.78 Å². The Morgan fingerprint density at radius 1 is 0.960 bits per heavy atom. The Kier molecular flexibility index (Phi) is 5.16. The van der Waals surface area contributed by atoms with Crippen molar-refractivity contribution in [3.8, 4) is 0 Å². The number of Topliss-reactive ketones (excluding diaryl/α,β-unsaturated/α-hetero) is 1. The largest absolute Gasteiger partial charge is 0.338 e. The molecule has 0 aliphatic carbocycles. The van der Waals surface area contributed by atoms with Crippen molar-refractivity contribution >= 4 is 52.1 Å². The van der Waals surface area contributed by atoms with E-state index in [0.29, 0.717) is 33.1 Å². The molecule has 5 nitrogen and oxygen atoms in total. The lowest BCUT2D eigenvalue weighted by Crippen LogP contribution is -2.01. The highest BCUT2D eigenvalue weighted by Crippen LogP contribution is 2.32. The summed E-state index contributed by atoms with van der Waals surface area (Å²) >= 11 is 12.3. The molecule has 0 bridgehead atoms. The number of nitrogens with one attached hydrogen (secondary N) is 2. The predicted octanol–water partition coefficient (Wildman–Crippen LogP) is 5.47. The normalized spacial score (nSPS) is 10.4. The van der Waals surface area contributed by atoms with Crippen molar-refractivity contribution in [2.45, 2.75) is 6.92 Å². The first-order valence-corrected chi connectivity index (χ1v) is 8.20. The summed E-state index contributed by atoms with van der Waals surface area (Å²) in [5.74, 6) is 0.974. The summed E-state index contributed by atoms with van der Waals surface area (Å²) in [6.07, 6.45) is 1.62. The van der Waals surface area contributed by atoms with E-state index in [2.05, 4.69) is 20.6 Å². The van der Waals surface area contributed by atoms with Crippen molar-refractivity contribution in [2.24, 2.45) is 0 Å². The second-order valence-electron chi connectivity index (χ2n) is 5.25. The first kappa shape index (κ1) is 17.2. The van der Waals surface area contributed by atoms with E-state index in [1.807, 2.05) is 0 Å². The summed E-state index contributed by atoms with van der Waals surface area (Å²) in [6, 6.07) is 14.1. The fraction of sp³-hybridized carbons (Fsp3) is 0.0556. The zero-order valence-electron chi connectivity index (χ0n) is 13.3. The third-order valence-electron chi connectivity index (χ3n) is 3.42. The maximum absolute atomic E-state index is 11.3. The second-order valence-corrected chi connectivity index (χ2v) is 6.06. The van der Waals surface area contributed by atoms with Crippen molar-refractivity contribution in [3.05, 3.63) is 70.3 Å². The number of carbonyl (C=O) groups excluding carboxylic acids is 1. The number of rotatable bonds is 5. The highest BCUT2D eigenvalue weighted by molar-refractivity contribution is 6.39. The van der Waals surface area contributed by atoms with E-state index >= 15 is 0 Å². The number of carbonyl (C=O) groups is 1. The molecule has 25 heavy (non-hydrogen) atoms. The smallest absolute Gasteiger partial charge is 0.229 e. The van der Waals surface area contributed by atoms with Gasteiger partial charge < -0.3 is 10.6 Å². The minimum Gasteiger partial charge on any atom is -0.338 e. The number of anilines is 4. The Morgan fingerprint density at radius 2 is 1.64 bits per heavy atom. The van der Waals surface area contributed by atoms with Gasteiger partial charge in [0, 0.05) is 17.4 Å². The lowest BCUT2D eigenvalue weighted by molar-refractivity contribution is 0.101. The first-order valence-electron chi connectivity index (χ1n) is 7.45. The van der Waals surface area contributed by atoms with Gasteiger partial charge in [-0.25, -0.2) is 4.98 Å². The third kappa shape index (κ3) is 4.26. The fourth-order valence-electron chi connectivity index (χ4n) is 2.15. The van der Waals surface area contributed by atoms with Crippen LogP contribution in [0.3, 0.4) is 0 Å². The molecule has 7 heteroatoms. The van der Waals surface area contributed by atoms with E-state index in [0.717, 1.165) is 5.69 Å². The van der Waals surface area contributed by atoms with Gasteiger partial charge >= 0.3 is 0 Å². The molecule has 0 spiro atoms. The summed E-state index contributed by atoms with van der Waals surface area (Å²) in [4.78, 5) is 19.9. The van der Waals surface area contributed by atoms with E-state index in [9.17, 15) is 4.79 Å². The van der Waals surface area contributed by atoms with Crippen molar-refractivity contribution in [1.82, 2.24) is 9.97 Å². The summed E-state index contributed by atoms with van der Waals surface area (Å²) in [5, 5.41) is 7.18. The number of nitrogens with zero attached hydrogens (tertiary/aromatic N) is 2. The van der Waals surface area contributed by atoms with Crippen LogP contribution in [0.25, 0.3) is 0 Å².